The highest BCUT2D eigenvalue weighted by molar-refractivity contribution is 6.15. The summed E-state index contributed by atoms with van der Waals surface area (Å²) in [6.45, 7) is 0. The fourth-order valence-electron chi connectivity index (χ4n) is 7.08. The largest absolute Gasteiger partial charge is 0.315 e. The average Bonchev–Trinajstić information content (AvgIpc) is 3.51. The first-order chi connectivity index (χ1) is 23.8. The Kier molecular flexibility index (Phi) is 7.75. The van der Waals surface area contributed by atoms with E-state index in [1.165, 1.54) is 60.6 Å². The van der Waals surface area contributed by atoms with E-state index in [1.54, 1.807) is 0 Å². The Morgan fingerprint density at radius 1 is 0.367 bits per heavy atom. The normalized spacial score (nSPS) is 11.1. The van der Waals surface area contributed by atoms with Crippen molar-refractivity contribution in [2.45, 2.75) is 7.43 Å². The Hall–Kier alpha value is -6.38. The lowest BCUT2D eigenvalue weighted by Gasteiger charge is -2.25. The molecule has 0 saturated carbocycles. The van der Waals surface area contributed by atoms with E-state index in [-0.39, 0.29) is 7.43 Å². The van der Waals surface area contributed by atoms with E-state index in [4.69, 9.17) is 0 Å². The minimum Gasteiger partial charge on any atom is -0.315 e. The van der Waals surface area contributed by atoms with Gasteiger partial charge in [0.1, 0.15) is 0 Å². The van der Waals surface area contributed by atoms with Gasteiger partial charge in [0.25, 0.3) is 0 Å². The Morgan fingerprint density at radius 3 is 1.49 bits per heavy atom. The summed E-state index contributed by atoms with van der Waals surface area (Å²) in [4.78, 5) is 2.29. The van der Waals surface area contributed by atoms with Gasteiger partial charge in [0.05, 0.1) is 11.0 Å². The molecule has 0 N–H and O–H groups in total. The van der Waals surface area contributed by atoms with E-state index in [9.17, 15) is 0 Å². The summed E-state index contributed by atoms with van der Waals surface area (Å²) < 4.78 is 2.35. The van der Waals surface area contributed by atoms with Crippen molar-refractivity contribution in [2.75, 3.05) is 4.90 Å². The van der Waals surface area contributed by atoms with Gasteiger partial charge >= 0.3 is 0 Å². The van der Waals surface area contributed by atoms with Crippen LogP contribution in [0.25, 0.3) is 60.6 Å². The number of hydrogen-bond donors (Lipinski definition) is 0. The summed E-state index contributed by atoms with van der Waals surface area (Å²) in [5, 5.41) is 3.77. The van der Waals surface area contributed by atoms with Gasteiger partial charge in [0.2, 0.25) is 0 Å². The van der Waals surface area contributed by atoms with Gasteiger partial charge in [-0.25, -0.2) is 0 Å². The first kappa shape index (κ1) is 30.0. The predicted octanol–water partition coefficient (Wildman–Crippen LogP) is 13.4. The number of anilines is 3. The Morgan fingerprint density at radius 2 is 0.857 bits per heavy atom. The highest BCUT2D eigenvalue weighted by atomic mass is 15.1. The van der Waals surface area contributed by atoms with Crippen molar-refractivity contribution < 1.29 is 0 Å². The van der Waals surface area contributed by atoms with Crippen molar-refractivity contribution in [1.82, 2.24) is 4.40 Å². The van der Waals surface area contributed by atoms with Crippen LogP contribution in [-0.2, 0) is 0 Å². The molecule has 0 radical (unpaired) electrons. The van der Waals surface area contributed by atoms with Gasteiger partial charge in [-0.2, -0.15) is 0 Å². The minimum absolute atomic E-state index is 0. The summed E-state index contributed by atoms with van der Waals surface area (Å²) in [5.41, 5.74) is 13.2. The number of aromatic nitrogens is 1. The quantitative estimate of drug-likeness (QED) is 0.178. The number of para-hydroxylation sites is 3. The molecule has 7 aromatic carbocycles. The molecule has 0 saturated heterocycles. The lowest BCUT2D eigenvalue weighted by molar-refractivity contribution is 1.27. The van der Waals surface area contributed by atoms with Gasteiger partial charge in [-0.05, 0) is 87.8 Å². The third-order valence-corrected chi connectivity index (χ3v) is 9.39. The molecule has 0 spiro atoms. The maximum Gasteiger partial charge on any atom is 0.0619 e. The molecule has 2 aromatic heterocycles. The highest BCUT2D eigenvalue weighted by Gasteiger charge is 2.17. The summed E-state index contributed by atoms with van der Waals surface area (Å²) in [5.74, 6) is 0. The van der Waals surface area contributed by atoms with Crippen LogP contribution < -0.4 is 4.90 Å². The standard InChI is InChI=1S/C46H32N2.CH4/c1-4-12-37(13-5-1)45-42-18-10-11-19-44(42)47-31-30-36-24-25-38(32-43(36)46(45)47)35-22-20-33(21-23-35)34-26-28-41(29-27-34)48(39-14-6-2-7-15-39)40-16-8-3-9-17-40;/h1-32H;1H4. The third kappa shape index (κ3) is 5.34. The van der Waals surface area contributed by atoms with Crippen LogP contribution in [0.1, 0.15) is 7.43 Å². The van der Waals surface area contributed by atoms with Crippen molar-refractivity contribution in [1.29, 1.82) is 0 Å². The molecule has 9 aromatic rings. The molecule has 0 bridgehead atoms. The van der Waals surface area contributed by atoms with Crippen molar-refractivity contribution in [2.24, 2.45) is 0 Å². The molecule has 234 valence electrons. The van der Waals surface area contributed by atoms with Crippen LogP contribution >= 0.6 is 0 Å². The summed E-state index contributed by atoms with van der Waals surface area (Å²) in [6, 6.07) is 67.5. The topological polar surface area (TPSA) is 7.65 Å². The van der Waals surface area contributed by atoms with E-state index in [2.05, 4.69) is 204 Å². The Labute approximate surface area is 287 Å². The summed E-state index contributed by atoms with van der Waals surface area (Å²) in [7, 11) is 0. The van der Waals surface area contributed by atoms with Crippen molar-refractivity contribution in [3.63, 3.8) is 0 Å². The van der Waals surface area contributed by atoms with E-state index < -0.39 is 0 Å². The lowest BCUT2D eigenvalue weighted by Crippen LogP contribution is -2.09. The Bertz CT molecular complexity index is 2470. The monoisotopic (exact) mass is 628 g/mol. The fraction of sp³-hybridized carbons (Fsp3) is 0.0213. The SMILES string of the molecule is C.c1ccc(-c2c3ccccc3n3ccc4ccc(-c5ccc(-c6ccc(N(c7ccccc7)c7ccccc7)cc6)cc5)cc4c23)cc1. The molecule has 0 aliphatic heterocycles. The molecule has 0 amide bonds. The molecular formula is C47H36N2. The van der Waals surface area contributed by atoms with Crippen molar-refractivity contribution in [3.05, 3.63) is 194 Å². The molecule has 0 aliphatic carbocycles. The Balaban J connectivity index is 0.00000348. The smallest absolute Gasteiger partial charge is 0.0619 e. The number of hydrogen-bond acceptors (Lipinski definition) is 1. The van der Waals surface area contributed by atoms with E-state index >= 15 is 0 Å². The molecule has 9 rings (SSSR count). The molecule has 49 heavy (non-hydrogen) atoms. The second kappa shape index (κ2) is 12.7. The predicted molar refractivity (Wildman–Crippen MR) is 210 cm³/mol. The zero-order chi connectivity index (χ0) is 31.9. The number of benzene rings is 7. The molecule has 0 atom stereocenters. The first-order valence-electron chi connectivity index (χ1n) is 16.4. The van der Waals surface area contributed by atoms with Gasteiger partial charge in [-0.1, -0.05) is 141 Å². The van der Waals surface area contributed by atoms with Crippen LogP contribution in [0.4, 0.5) is 17.1 Å². The number of fused-ring (bicyclic) bond motifs is 5. The van der Waals surface area contributed by atoms with E-state index in [0.29, 0.717) is 0 Å². The van der Waals surface area contributed by atoms with E-state index in [1.807, 2.05) is 0 Å². The van der Waals surface area contributed by atoms with Crippen LogP contribution in [-0.4, -0.2) is 4.40 Å². The van der Waals surface area contributed by atoms with E-state index in [0.717, 1.165) is 17.1 Å². The molecule has 2 nitrogen and oxygen atoms in total. The number of nitrogens with zero attached hydrogens (tertiary/aromatic N) is 2. The maximum absolute atomic E-state index is 2.36. The van der Waals surface area contributed by atoms with Gasteiger partial charge in [-0.3, -0.25) is 0 Å². The molecular weight excluding hydrogens is 593 g/mol. The highest BCUT2D eigenvalue weighted by Crippen LogP contribution is 2.40. The average molecular weight is 629 g/mol. The third-order valence-electron chi connectivity index (χ3n) is 9.39. The van der Waals surface area contributed by atoms with Gasteiger partial charge < -0.3 is 9.30 Å². The second-order valence-corrected chi connectivity index (χ2v) is 12.2. The fourth-order valence-corrected chi connectivity index (χ4v) is 7.08. The second-order valence-electron chi connectivity index (χ2n) is 12.2. The first-order valence-corrected chi connectivity index (χ1v) is 16.4. The number of rotatable bonds is 6. The molecule has 0 fully saturated rings. The van der Waals surface area contributed by atoms with Gasteiger partial charge in [0.15, 0.2) is 0 Å². The van der Waals surface area contributed by atoms with Crippen LogP contribution in [0.2, 0.25) is 0 Å². The van der Waals surface area contributed by atoms with Crippen LogP contribution in [0.15, 0.2) is 194 Å². The molecule has 0 unspecified atom stereocenters. The zero-order valence-electron chi connectivity index (χ0n) is 26.4. The number of pyridine rings is 1. The van der Waals surface area contributed by atoms with Crippen molar-refractivity contribution >= 4 is 44.3 Å². The van der Waals surface area contributed by atoms with Crippen molar-refractivity contribution in [3.8, 4) is 33.4 Å². The van der Waals surface area contributed by atoms with Gasteiger partial charge in [0, 0.05) is 39.6 Å². The maximum atomic E-state index is 2.36. The molecule has 2 heterocycles. The van der Waals surface area contributed by atoms with Gasteiger partial charge in [-0.15, -0.1) is 0 Å². The lowest BCUT2D eigenvalue weighted by atomic mass is 9.96. The van der Waals surface area contributed by atoms with Crippen LogP contribution in [0, 0.1) is 0 Å². The minimum atomic E-state index is 0. The molecule has 0 aliphatic rings. The summed E-state index contributed by atoms with van der Waals surface area (Å²) in [6.07, 6.45) is 2.21. The summed E-state index contributed by atoms with van der Waals surface area (Å²) >= 11 is 0. The van der Waals surface area contributed by atoms with Crippen LogP contribution in [0.3, 0.4) is 0 Å². The molecule has 2 heteroatoms. The zero-order valence-corrected chi connectivity index (χ0v) is 26.4. The van der Waals surface area contributed by atoms with Crippen LogP contribution in [0.5, 0.6) is 0 Å².